The molecule has 0 saturated carbocycles. The minimum absolute atomic E-state index is 0.0213. The quantitative estimate of drug-likeness (QED) is 0.577. The summed E-state index contributed by atoms with van der Waals surface area (Å²) in [4.78, 5) is 13.2. The van der Waals surface area contributed by atoms with Crippen LogP contribution in [0.3, 0.4) is 0 Å². The Morgan fingerprint density at radius 2 is 1.90 bits per heavy atom. The Bertz CT molecular complexity index is 1010. The maximum atomic E-state index is 13.2. The number of nitrogens with zero attached hydrogens (tertiary/aromatic N) is 2. The topological polar surface area (TPSA) is 80.2 Å². The van der Waals surface area contributed by atoms with Gasteiger partial charge in [0.15, 0.2) is 0 Å². The third-order valence-corrected chi connectivity index (χ3v) is 5.46. The van der Waals surface area contributed by atoms with Gasteiger partial charge in [-0.05, 0) is 47.9 Å². The molecule has 7 nitrogen and oxygen atoms in total. The predicted molar refractivity (Wildman–Crippen MR) is 117 cm³/mol. The van der Waals surface area contributed by atoms with Crippen LogP contribution in [-0.2, 0) is 4.79 Å². The second-order valence-electron chi connectivity index (χ2n) is 7.87. The van der Waals surface area contributed by atoms with Gasteiger partial charge >= 0.3 is 0 Å². The van der Waals surface area contributed by atoms with Crippen LogP contribution in [0.1, 0.15) is 49.4 Å². The SMILES string of the molecule is COc1ccc(C(NCC(=O)N2N=C(c3ccco3)CC2c2ccco2)C(C)C)cc1. The van der Waals surface area contributed by atoms with Crippen molar-refractivity contribution < 1.29 is 18.4 Å². The van der Waals surface area contributed by atoms with Crippen LogP contribution in [0.5, 0.6) is 5.75 Å². The minimum Gasteiger partial charge on any atom is -0.497 e. The monoisotopic (exact) mass is 421 g/mol. The summed E-state index contributed by atoms with van der Waals surface area (Å²) >= 11 is 0. The van der Waals surface area contributed by atoms with E-state index in [0.717, 1.165) is 17.0 Å². The molecule has 162 valence electrons. The zero-order valence-corrected chi connectivity index (χ0v) is 17.9. The van der Waals surface area contributed by atoms with Crippen LogP contribution in [-0.4, -0.2) is 30.3 Å². The van der Waals surface area contributed by atoms with E-state index < -0.39 is 0 Å². The molecule has 31 heavy (non-hydrogen) atoms. The molecule has 0 radical (unpaired) electrons. The lowest BCUT2D eigenvalue weighted by Gasteiger charge is -2.25. The van der Waals surface area contributed by atoms with E-state index in [-0.39, 0.29) is 24.5 Å². The molecule has 0 fully saturated rings. The van der Waals surface area contributed by atoms with Crippen molar-refractivity contribution in [1.29, 1.82) is 0 Å². The molecule has 1 amide bonds. The molecular formula is C24H27N3O4. The minimum atomic E-state index is -0.289. The van der Waals surface area contributed by atoms with Crippen molar-refractivity contribution in [3.8, 4) is 5.75 Å². The average molecular weight is 421 g/mol. The number of rotatable bonds is 8. The van der Waals surface area contributed by atoms with Gasteiger partial charge in [0.1, 0.15) is 29.0 Å². The van der Waals surface area contributed by atoms with Gasteiger partial charge in [0.05, 0.1) is 26.2 Å². The van der Waals surface area contributed by atoms with Crippen molar-refractivity contribution in [1.82, 2.24) is 10.3 Å². The summed E-state index contributed by atoms with van der Waals surface area (Å²) in [5.74, 6) is 2.35. The molecule has 2 aromatic heterocycles. The highest BCUT2D eigenvalue weighted by molar-refractivity contribution is 6.01. The summed E-state index contributed by atoms with van der Waals surface area (Å²) in [5, 5.41) is 9.49. The van der Waals surface area contributed by atoms with Crippen molar-refractivity contribution in [2.75, 3.05) is 13.7 Å². The molecular weight excluding hydrogens is 394 g/mol. The maximum Gasteiger partial charge on any atom is 0.257 e. The maximum absolute atomic E-state index is 13.2. The number of benzene rings is 1. The lowest BCUT2D eigenvalue weighted by molar-refractivity contribution is -0.132. The van der Waals surface area contributed by atoms with E-state index in [0.29, 0.717) is 23.9 Å². The van der Waals surface area contributed by atoms with Crippen LogP contribution in [0, 0.1) is 5.92 Å². The fourth-order valence-electron chi connectivity index (χ4n) is 3.86. The highest BCUT2D eigenvalue weighted by Crippen LogP contribution is 2.33. The fourth-order valence-corrected chi connectivity index (χ4v) is 3.86. The molecule has 0 spiro atoms. The van der Waals surface area contributed by atoms with Crippen molar-refractivity contribution in [2.24, 2.45) is 11.0 Å². The normalized spacial score (nSPS) is 17.1. The standard InChI is InChI=1S/C24H27N3O4/c1-16(2)24(17-8-10-18(29-3)11-9-17)25-15-23(28)27-20(22-7-5-13-31-22)14-19(26-27)21-6-4-12-30-21/h4-13,16,20,24-25H,14-15H2,1-3H3. The molecule has 1 N–H and O–H groups in total. The number of hydrogen-bond acceptors (Lipinski definition) is 6. The van der Waals surface area contributed by atoms with Crippen LogP contribution in [0.2, 0.25) is 0 Å². The fraction of sp³-hybridized carbons (Fsp3) is 0.333. The highest BCUT2D eigenvalue weighted by atomic mass is 16.5. The van der Waals surface area contributed by atoms with Gasteiger partial charge in [-0.25, -0.2) is 5.01 Å². The van der Waals surface area contributed by atoms with E-state index in [1.807, 2.05) is 48.5 Å². The van der Waals surface area contributed by atoms with Crippen LogP contribution in [0.25, 0.3) is 0 Å². The van der Waals surface area contributed by atoms with E-state index in [1.165, 1.54) is 5.01 Å². The van der Waals surface area contributed by atoms with E-state index in [1.54, 1.807) is 19.6 Å². The summed E-state index contributed by atoms with van der Waals surface area (Å²) in [6, 6.07) is 15.0. The molecule has 1 aliphatic rings. The van der Waals surface area contributed by atoms with Crippen LogP contribution >= 0.6 is 0 Å². The first-order chi connectivity index (χ1) is 15.1. The lowest BCUT2D eigenvalue weighted by Crippen LogP contribution is -2.38. The third-order valence-electron chi connectivity index (χ3n) is 5.46. The Morgan fingerprint density at radius 3 is 2.52 bits per heavy atom. The molecule has 1 aromatic carbocycles. The Morgan fingerprint density at radius 1 is 1.16 bits per heavy atom. The number of methoxy groups -OCH3 is 1. The molecule has 3 heterocycles. The number of amides is 1. The van der Waals surface area contributed by atoms with Crippen LogP contribution in [0.15, 0.2) is 75.0 Å². The molecule has 0 bridgehead atoms. The number of hydrazone groups is 1. The van der Waals surface area contributed by atoms with Gasteiger partial charge in [-0.3, -0.25) is 4.79 Å². The second kappa shape index (κ2) is 9.22. The van der Waals surface area contributed by atoms with Gasteiger partial charge in [-0.15, -0.1) is 0 Å². The average Bonchev–Trinajstić information content (AvgIpc) is 3.54. The van der Waals surface area contributed by atoms with Crippen LogP contribution in [0.4, 0.5) is 0 Å². The Balaban J connectivity index is 1.50. The van der Waals surface area contributed by atoms with Crippen molar-refractivity contribution in [3.05, 3.63) is 78.1 Å². The van der Waals surface area contributed by atoms with Gasteiger partial charge in [-0.1, -0.05) is 26.0 Å². The van der Waals surface area contributed by atoms with E-state index in [4.69, 9.17) is 13.6 Å². The number of nitrogens with one attached hydrogen (secondary N) is 1. The Hall–Kier alpha value is -3.32. The van der Waals surface area contributed by atoms with Gasteiger partial charge in [0.2, 0.25) is 0 Å². The number of ether oxygens (including phenoxy) is 1. The lowest BCUT2D eigenvalue weighted by atomic mass is 9.96. The predicted octanol–water partition coefficient (Wildman–Crippen LogP) is 4.55. The van der Waals surface area contributed by atoms with Gasteiger partial charge in [0, 0.05) is 12.5 Å². The zero-order valence-electron chi connectivity index (χ0n) is 17.9. The first-order valence-electron chi connectivity index (χ1n) is 10.4. The molecule has 2 unspecified atom stereocenters. The van der Waals surface area contributed by atoms with Crippen molar-refractivity contribution >= 4 is 11.6 Å². The third kappa shape index (κ3) is 4.56. The summed E-state index contributed by atoms with van der Waals surface area (Å²) in [7, 11) is 1.65. The molecule has 0 aliphatic carbocycles. The number of hydrogen-bond donors (Lipinski definition) is 1. The van der Waals surface area contributed by atoms with E-state index in [2.05, 4.69) is 24.3 Å². The van der Waals surface area contributed by atoms with E-state index >= 15 is 0 Å². The van der Waals surface area contributed by atoms with Gasteiger partial charge in [-0.2, -0.15) is 5.10 Å². The summed E-state index contributed by atoms with van der Waals surface area (Å²) in [6.07, 6.45) is 3.76. The molecule has 1 aliphatic heterocycles. The smallest absolute Gasteiger partial charge is 0.257 e. The van der Waals surface area contributed by atoms with E-state index in [9.17, 15) is 4.79 Å². The van der Waals surface area contributed by atoms with Gasteiger partial charge < -0.3 is 18.9 Å². The number of carbonyl (C=O) groups excluding carboxylic acids is 1. The Kier molecular flexibility index (Phi) is 6.23. The first kappa shape index (κ1) is 20.9. The Labute approximate surface area is 181 Å². The number of furan rings is 2. The molecule has 2 atom stereocenters. The summed E-state index contributed by atoms with van der Waals surface area (Å²) < 4.78 is 16.3. The largest absolute Gasteiger partial charge is 0.497 e. The molecule has 3 aromatic rings. The second-order valence-corrected chi connectivity index (χ2v) is 7.87. The first-order valence-corrected chi connectivity index (χ1v) is 10.4. The zero-order chi connectivity index (χ0) is 21.8. The van der Waals surface area contributed by atoms with Gasteiger partial charge in [0.25, 0.3) is 5.91 Å². The molecule has 7 heteroatoms. The summed E-state index contributed by atoms with van der Waals surface area (Å²) in [5.41, 5.74) is 1.84. The molecule has 0 saturated heterocycles. The number of carbonyl (C=O) groups is 1. The highest BCUT2D eigenvalue weighted by Gasteiger charge is 2.35. The van der Waals surface area contributed by atoms with Crippen molar-refractivity contribution in [3.63, 3.8) is 0 Å². The van der Waals surface area contributed by atoms with Crippen molar-refractivity contribution in [2.45, 2.75) is 32.4 Å². The summed E-state index contributed by atoms with van der Waals surface area (Å²) in [6.45, 7) is 4.41. The van der Waals surface area contributed by atoms with Crippen LogP contribution < -0.4 is 10.1 Å². The molecule has 4 rings (SSSR count).